The minimum absolute atomic E-state index is 0. The number of rotatable bonds is 4. The molecule has 3 fully saturated rings. The average molecular weight is 522 g/mol. The largest absolute Gasteiger partial charge is 0.366 e. The predicted octanol–water partition coefficient (Wildman–Crippen LogP) is 2.11. The van der Waals surface area contributed by atoms with Gasteiger partial charge in [0.1, 0.15) is 5.82 Å². The first kappa shape index (κ1) is 21.6. The Morgan fingerprint density at radius 2 is 1.86 bits per heavy atom. The molecule has 6 nitrogen and oxygen atoms in total. The van der Waals surface area contributed by atoms with Gasteiger partial charge in [0.2, 0.25) is 0 Å². The average Bonchev–Trinajstić information content (AvgIpc) is 3.41. The zero-order valence-electron chi connectivity index (χ0n) is 15.9. The molecule has 2 saturated heterocycles. The molecule has 9 heteroatoms. The van der Waals surface area contributed by atoms with Gasteiger partial charge in [0, 0.05) is 38.8 Å². The molecule has 0 aromatic heterocycles. The van der Waals surface area contributed by atoms with Crippen LogP contribution in [0.2, 0.25) is 0 Å². The predicted molar refractivity (Wildman–Crippen MR) is 121 cm³/mol. The number of piperazine rings is 1. The molecule has 0 amide bonds. The maximum atomic E-state index is 14.0. The highest BCUT2D eigenvalue weighted by atomic mass is 127. The Labute approximate surface area is 183 Å². The smallest absolute Gasteiger partial charge is 0.194 e. The lowest BCUT2D eigenvalue weighted by Gasteiger charge is -2.38. The van der Waals surface area contributed by atoms with Gasteiger partial charge in [-0.15, -0.1) is 24.0 Å². The highest BCUT2D eigenvalue weighted by molar-refractivity contribution is 14.0. The summed E-state index contributed by atoms with van der Waals surface area (Å²) in [5.74, 6) is 1.38. The second-order valence-electron chi connectivity index (χ2n) is 7.78. The standard InChI is InChI=1S/C19H27FN4O2S.HI/c20-17-3-1-2-4-18(17)23-8-10-24(11-9-23)19(22-16-5-6-16)21-13-15-7-12-27(25,26)14-15;/h1-4,15-16H,5-14H2,(H,21,22);1H. The van der Waals surface area contributed by atoms with E-state index in [0.717, 1.165) is 45.0 Å². The summed E-state index contributed by atoms with van der Waals surface area (Å²) in [6.45, 7) is 3.59. The SMILES string of the molecule is I.O=S1(=O)CCC(CN=C(NC2CC2)N2CCN(c3ccccc3F)CC2)C1. The highest BCUT2D eigenvalue weighted by Crippen LogP contribution is 2.23. The monoisotopic (exact) mass is 522 g/mol. The molecule has 3 aliphatic rings. The first-order valence-electron chi connectivity index (χ1n) is 9.76. The van der Waals surface area contributed by atoms with Gasteiger partial charge in [0.05, 0.1) is 17.2 Å². The van der Waals surface area contributed by atoms with Crippen LogP contribution in [0.5, 0.6) is 0 Å². The lowest BCUT2D eigenvalue weighted by molar-refractivity contribution is 0.368. The molecule has 1 saturated carbocycles. The molecule has 1 N–H and O–H groups in total. The number of anilines is 1. The quantitative estimate of drug-likeness (QED) is 0.373. The Morgan fingerprint density at radius 1 is 1.14 bits per heavy atom. The van der Waals surface area contributed by atoms with Crippen molar-refractivity contribution >= 4 is 45.5 Å². The number of benzene rings is 1. The van der Waals surface area contributed by atoms with Crippen molar-refractivity contribution in [1.82, 2.24) is 10.2 Å². The van der Waals surface area contributed by atoms with Crippen molar-refractivity contribution in [3.63, 3.8) is 0 Å². The molecule has 156 valence electrons. The summed E-state index contributed by atoms with van der Waals surface area (Å²) in [6, 6.07) is 7.38. The summed E-state index contributed by atoms with van der Waals surface area (Å²) < 4.78 is 37.4. The fourth-order valence-corrected chi connectivity index (χ4v) is 5.60. The van der Waals surface area contributed by atoms with Crippen LogP contribution in [0.4, 0.5) is 10.1 Å². The van der Waals surface area contributed by atoms with Crippen LogP contribution in [0.15, 0.2) is 29.3 Å². The molecule has 0 spiro atoms. The number of hydrogen-bond donors (Lipinski definition) is 1. The lowest BCUT2D eigenvalue weighted by atomic mass is 10.1. The van der Waals surface area contributed by atoms with E-state index in [1.807, 2.05) is 12.1 Å². The number of aliphatic imine (C=N–C) groups is 1. The Kier molecular flexibility index (Phi) is 7.06. The molecular weight excluding hydrogens is 494 g/mol. The van der Waals surface area contributed by atoms with Crippen LogP contribution >= 0.6 is 24.0 Å². The molecule has 1 aromatic carbocycles. The van der Waals surface area contributed by atoms with E-state index < -0.39 is 9.84 Å². The van der Waals surface area contributed by atoms with E-state index in [0.29, 0.717) is 30.4 Å². The third kappa shape index (κ3) is 5.49. The molecule has 28 heavy (non-hydrogen) atoms. The number of nitrogens with zero attached hydrogens (tertiary/aromatic N) is 3. The topological polar surface area (TPSA) is 65.0 Å². The number of hydrogen-bond acceptors (Lipinski definition) is 4. The number of guanidine groups is 1. The molecule has 0 bridgehead atoms. The fraction of sp³-hybridized carbons (Fsp3) is 0.632. The van der Waals surface area contributed by atoms with E-state index in [1.54, 1.807) is 6.07 Å². The number of nitrogens with one attached hydrogen (secondary N) is 1. The normalized spacial score (nSPS) is 24.8. The first-order valence-corrected chi connectivity index (χ1v) is 11.6. The van der Waals surface area contributed by atoms with Crippen LogP contribution in [-0.4, -0.2) is 69.5 Å². The van der Waals surface area contributed by atoms with Crippen LogP contribution in [0, 0.1) is 11.7 Å². The second-order valence-corrected chi connectivity index (χ2v) is 10.0. The summed E-state index contributed by atoms with van der Waals surface area (Å²) in [4.78, 5) is 9.06. The number of sulfone groups is 1. The maximum absolute atomic E-state index is 14.0. The Hall–Kier alpha value is -1.10. The van der Waals surface area contributed by atoms with Gasteiger partial charge in [0.25, 0.3) is 0 Å². The van der Waals surface area contributed by atoms with Crippen molar-refractivity contribution < 1.29 is 12.8 Å². The molecule has 1 atom stereocenters. The van der Waals surface area contributed by atoms with Gasteiger partial charge < -0.3 is 15.1 Å². The molecule has 1 unspecified atom stereocenters. The zero-order chi connectivity index (χ0) is 18.9. The summed E-state index contributed by atoms with van der Waals surface area (Å²) in [7, 11) is -2.87. The van der Waals surface area contributed by atoms with Gasteiger partial charge in [-0.2, -0.15) is 0 Å². The van der Waals surface area contributed by atoms with Crippen LogP contribution in [-0.2, 0) is 9.84 Å². The summed E-state index contributed by atoms with van der Waals surface area (Å²) in [5.41, 5.74) is 0.655. The van der Waals surface area contributed by atoms with Crippen molar-refractivity contribution in [1.29, 1.82) is 0 Å². The van der Waals surface area contributed by atoms with Crippen LogP contribution in [0.1, 0.15) is 19.3 Å². The number of halogens is 2. The first-order chi connectivity index (χ1) is 13.0. The Morgan fingerprint density at radius 3 is 2.46 bits per heavy atom. The van der Waals surface area contributed by atoms with Gasteiger partial charge in [-0.3, -0.25) is 4.99 Å². The van der Waals surface area contributed by atoms with Gasteiger partial charge in [-0.05, 0) is 37.3 Å². The summed E-state index contributed by atoms with van der Waals surface area (Å²) in [5, 5.41) is 3.51. The van der Waals surface area contributed by atoms with E-state index >= 15 is 0 Å². The van der Waals surface area contributed by atoms with Crippen molar-refractivity contribution in [2.45, 2.75) is 25.3 Å². The zero-order valence-corrected chi connectivity index (χ0v) is 19.0. The molecule has 1 aromatic rings. The fourth-order valence-electron chi connectivity index (χ4n) is 3.75. The van der Waals surface area contributed by atoms with Crippen molar-refractivity contribution in [3.8, 4) is 0 Å². The van der Waals surface area contributed by atoms with Gasteiger partial charge in [-0.1, -0.05) is 12.1 Å². The van der Waals surface area contributed by atoms with Crippen molar-refractivity contribution in [2.75, 3.05) is 49.1 Å². The molecule has 1 aliphatic carbocycles. The van der Waals surface area contributed by atoms with Gasteiger partial charge in [-0.25, -0.2) is 12.8 Å². The summed E-state index contributed by atoms with van der Waals surface area (Å²) >= 11 is 0. The van der Waals surface area contributed by atoms with E-state index in [2.05, 4.69) is 15.1 Å². The second kappa shape index (κ2) is 9.15. The maximum Gasteiger partial charge on any atom is 0.194 e. The Balaban J connectivity index is 0.00000225. The van der Waals surface area contributed by atoms with Gasteiger partial charge >= 0.3 is 0 Å². The minimum Gasteiger partial charge on any atom is -0.366 e. The van der Waals surface area contributed by atoms with Crippen LogP contribution in [0.25, 0.3) is 0 Å². The molecule has 4 rings (SSSR count). The molecule has 2 heterocycles. The molecule has 2 aliphatic heterocycles. The van der Waals surface area contributed by atoms with Crippen molar-refractivity contribution in [3.05, 3.63) is 30.1 Å². The molecular formula is C19H28FIN4O2S. The van der Waals surface area contributed by atoms with E-state index in [1.165, 1.54) is 6.07 Å². The minimum atomic E-state index is -2.87. The van der Waals surface area contributed by atoms with E-state index in [4.69, 9.17) is 4.99 Å². The van der Waals surface area contributed by atoms with Crippen molar-refractivity contribution in [2.24, 2.45) is 10.9 Å². The lowest BCUT2D eigenvalue weighted by Crippen LogP contribution is -2.53. The Bertz CT molecular complexity index is 808. The van der Waals surface area contributed by atoms with Crippen LogP contribution < -0.4 is 10.2 Å². The third-order valence-electron chi connectivity index (χ3n) is 5.51. The number of para-hydroxylation sites is 1. The summed E-state index contributed by atoms with van der Waals surface area (Å²) in [6.07, 6.45) is 3.03. The van der Waals surface area contributed by atoms with Crippen LogP contribution in [0.3, 0.4) is 0 Å². The van der Waals surface area contributed by atoms with Gasteiger partial charge in [0.15, 0.2) is 15.8 Å². The van der Waals surface area contributed by atoms with E-state index in [9.17, 15) is 12.8 Å². The van der Waals surface area contributed by atoms with E-state index in [-0.39, 0.29) is 41.5 Å². The highest BCUT2D eigenvalue weighted by Gasteiger charge is 2.30. The molecule has 0 radical (unpaired) electrons. The third-order valence-corrected chi connectivity index (χ3v) is 7.35.